The minimum absolute atomic E-state index is 0.0401. The van der Waals surface area contributed by atoms with Crippen molar-refractivity contribution in [2.24, 2.45) is 10.7 Å². The third-order valence-corrected chi connectivity index (χ3v) is 4.81. The first-order chi connectivity index (χ1) is 11.0. The molecule has 1 saturated carbocycles. The van der Waals surface area contributed by atoms with E-state index in [-0.39, 0.29) is 5.41 Å². The topological polar surface area (TPSA) is 60.1 Å². The second kappa shape index (κ2) is 7.57. The minimum atomic E-state index is 0.0401. The lowest BCUT2D eigenvalue weighted by atomic mass is 9.69. The third-order valence-electron chi connectivity index (χ3n) is 4.81. The molecular formula is C18H29N3O2. The molecule has 1 aliphatic carbocycles. The second-order valence-electron chi connectivity index (χ2n) is 6.48. The van der Waals surface area contributed by atoms with Crippen molar-refractivity contribution < 1.29 is 9.47 Å². The summed E-state index contributed by atoms with van der Waals surface area (Å²) in [5, 5.41) is 0. The molecule has 0 radical (unpaired) electrons. The monoisotopic (exact) mass is 319 g/mol. The Morgan fingerprint density at radius 3 is 2.35 bits per heavy atom. The van der Waals surface area contributed by atoms with Gasteiger partial charge in [0.25, 0.3) is 0 Å². The van der Waals surface area contributed by atoms with Gasteiger partial charge in [-0.25, -0.2) is 0 Å². The average molecular weight is 319 g/mol. The number of hydrogen-bond acceptors (Lipinski definition) is 3. The Labute approximate surface area is 139 Å². The highest BCUT2D eigenvalue weighted by Crippen LogP contribution is 2.42. The summed E-state index contributed by atoms with van der Waals surface area (Å²) in [6.07, 6.45) is 6.01. The molecule has 5 heteroatoms. The number of hydrogen-bond donors (Lipinski definition) is 1. The predicted octanol–water partition coefficient (Wildman–Crippen LogP) is 2.78. The fourth-order valence-corrected chi connectivity index (χ4v) is 3.31. The van der Waals surface area contributed by atoms with Crippen molar-refractivity contribution >= 4 is 5.96 Å². The van der Waals surface area contributed by atoms with Gasteiger partial charge in [-0.15, -0.1) is 0 Å². The average Bonchev–Trinajstić information content (AvgIpc) is 2.59. The van der Waals surface area contributed by atoms with E-state index >= 15 is 0 Å². The first kappa shape index (κ1) is 17.4. The summed E-state index contributed by atoms with van der Waals surface area (Å²) in [5.41, 5.74) is 7.31. The lowest BCUT2D eigenvalue weighted by molar-refractivity contribution is 0.297. The van der Waals surface area contributed by atoms with Crippen molar-refractivity contribution in [3.8, 4) is 11.5 Å². The van der Waals surface area contributed by atoms with Crippen LogP contribution in [0.5, 0.6) is 11.5 Å². The highest BCUT2D eigenvalue weighted by atomic mass is 16.5. The molecule has 0 atom stereocenters. The zero-order valence-electron chi connectivity index (χ0n) is 14.8. The summed E-state index contributed by atoms with van der Waals surface area (Å²) < 4.78 is 10.8. The molecule has 0 bridgehead atoms. The van der Waals surface area contributed by atoms with E-state index in [4.69, 9.17) is 15.2 Å². The summed E-state index contributed by atoms with van der Waals surface area (Å²) in [4.78, 5) is 6.49. The minimum Gasteiger partial charge on any atom is -0.493 e. The lowest BCUT2D eigenvalue weighted by Gasteiger charge is -2.37. The van der Waals surface area contributed by atoms with Gasteiger partial charge in [-0.3, -0.25) is 4.99 Å². The van der Waals surface area contributed by atoms with Crippen LogP contribution in [0.3, 0.4) is 0 Å². The smallest absolute Gasteiger partial charge is 0.190 e. The molecular weight excluding hydrogens is 290 g/mol. The van der Waals surface area contributed by atoms with E-state index in [0.717, 1.165) is 24.3 Å². The van der Waals surface area contributed by atoms with Crippen molar-refractivity contribution in [3.63, 3.8) is 0 Å². The largest absolute Gasteiger partial charge is 0.493 e. The van der Waals surface area contributed by atoms with Gasteiger partial charge in [-0.1, -0.05) is 25.3 Å². The molecule has 1 fully saturated rings. The molecule has 0 aromatic heterocycles. The molecule has 0 spiro atoms. The molecule has 1 aromatic rings. The van der Waals surface area contributed by atoms with Crippen LogP contribution in [0.2, 0.25) is 0 Å². The van der Waals surface area contributed by atoms with Crippen molar-refractivity contribution in [2.75, 3.05) is 34.9 Å². The number of rotatable bonds is 5. The molecule has 2 N–H and O–H groups in total. The molecule has 23 heavy (non-hydrogen) atoms. The Morgan fingerprint density at radius 1 is 1.13 bits per heavy atom. The maximum atomic E-state index is 6.00. The molecule has 0 saturated heterocycles. The standard InChI is InChI=1S/C18H29N3O2/c1-21(2)17(19)20-13-18(10-6-5-7-11-18)14-8-9-15(22-3)16(12-14)23-4/h8-9,12H,5-7,10-11,13H2,1-4H3,(H2,19,20). The highest BCUT2D eigenvalue weighted by molar-refractivity contribution is 5.77. The van der Waals surface area contributed by atoms with Crippen molar-refractivity contribution in [2.45, 2.75) is 37.5 Å². The van der Waals surface area contributed by atoms with Gasteiger partial charge in [0.15, 0.2) is 17.5 Å². The molecule has 1 aliphatic rings. The third kappa shape index (κ3) is 3.89. The van der Waals surface area contributed by atoms with Crippen LogP contribution in [0.1, 0.15) is 37.7 Å². The van der Waals surface area contributed by atoms with Gasteiger partial charge in [0.1, 0.15) is 0 Å². The number of aliphatic imine (C=N–C) groups is 1. The van der Waals surface area contributed by atoms with Gasteiger partial charge < -0.3 is 20.1 Å². The first-order valence-corrected chi connectivity index (χ1v) is 8.22. The van der Waals surface area contributed by atoms with E-state index in [0.29, 0.717) is 12.5 Å². The quantitative estimate of drug-likeness (QED) is 0.670. The highest BCUT2D eigenvalue weighted by Gasteiger charge is 2.34. The summed E-state index contributed by atoms with van der Waals surface area (Å²) >= 11 is 0. The Kier molecular flexibility index (Phi) is 5.74. The fraction of sp³-hybridized carbons (Fsp3) is 0.611. The molecule has 2 rings (SSSR count). The van der Waals surface area contributed by atoms with Crippen LogP contribution in [0.15, 0.2) is 23.2 Å². The van der Waals surface area contributed by atoms with Crippen LogP contribution < -0.4 is 15.2 Å². The van der Waals surface area contributed by atoms with Gasteiger partial charge >= 0.3 is 0 Å². The predicted molar refractivity (Wildman–Crippen MR) is 94.5 cm³/mol. The molecule has 128 valence electrons. The van der Waals surface area contributed by atoms with Crippen LogP contribution in [-0.4, -0.2) is 45.7 Å². The Balaban J connectivity index is 2.36. The molecule has 0 unspecified atom stereocenters. The zero-order valence-corrected chi connectivity index (χ0v) is 14.8. The van der Waals surface area contributed by atoms with Crippen molar-refractivity contribution in [3.05, 3.63) is 23.8 Å². The van der Waals surface area contributed by atoms with E-state index in [1.54, 1.807) is 14.2 Å². The van der Waals surface area contributed by atoms with E-state index in [1.165, 1.54) is 24.8 Å². The summed E-state index contributed by atoms with van der Waals surface area (Å²) in [7, 11) is 7.18. The van der Waals surface area contributed by atoms with E-state index in [1.807, 2.05) is 25.1 Å². The molecule has 0 aliphatic heterocycles. The van der Waals surface area contributed by atoms with Crippen LogP contribution in [0.4, 0.5) is 0 Å². The number of nitrogens with zero attached hydrogens (tertiary/aromatic N) is 2. The maximum absolute atomic E-state index is 6.00. The maximum Gasteiger partial charge on any atom is 0.190 e. The molecule has 5 nitrogen and oxygen atoms in total. The van der Waals surface area contributed by atoms with Crippen molar-refractivity contribution in [1.29, 1.82) is 0 Å². The SMILES string of the molecule is COc1ccc(C2(CN=C(N)N(C)C)CCCCC2)cc1OC. The van der Waals surface area contributed by atoms with E-state index in [9.17, 15) is 0 Å². The lowest BCUT2D eigenvalue weighted by Crippen LogP contribution is -2.36. The Hall–Kier alpha value is -1.91. The molecule has 0 amide bonds. The second-order valence-corrected chi connectivity index (χ2v) is 6.48. The van der Waals surface area contributed by atoms with Crippen molar-refractivity contribution in [1.82, 2.24) is 4.90 Å². The van der Waals surface area contributed by atoms with E-state index in [2.05, 4.69) is 17.1 Å². The first-order valence-electron chi connectivity index (χ1n) is 8.22. The number of guanidine groups is 1. The number of methoxy groups -OCH3 is 2. The van der Waals surface area contributed by atoms with Gasteiger partial charge in [0.2, 0.25) is 0 Å². The van der Waals surface area contributed by atoms with E-state index < -0.39 is 0 Å². The fourth-order valence-electron chi connectivity index (χ4n) is 3.31. The van der Waals surface area contributed by atoms with Gasteiger partial charge in [-0.05, 0) is 30.5 Å². The normalized spacial score (nSPS) is 17.7. The van der Waals surface area contributed by atoms with Crippen LogP contribution in [0.25, 0.3) is 0 Å². The number of nitrogens with two attached hydrogens (primary N) is 1. The van der Waals surface area contributed by atoms with Gasteiger partial charge in [0.05, 0.1) is 20.8 Å². The zero-order chi connectivity index (χ0) is 16.9. The van der Waals surface area contributed by atoms with Crippen LogP contribution in [-0.2, 0) is 5.41 Å². The molecule has 1 aromatic carbocycles. The Bertz CT molecular complexity index is 549. The summed E-state index contributed by atoms with van der Waals surface area (Å²) in [6.45, 7) is 0.715. The van der Waals surface area contributed by atoms with Gasteiger partial charge in [0, 0.05) is 19.5 Å². The van der Waals surface area contributed by atoms with Crippen LogP contribution in [0, 0.1) is 0 Å². The summed E-state index contributed by atoms with van der Waals surface area (Å²) in [5.74, 6) is 2.12. The molecule has 0 heterocycles. The van der Waals surface area contributed by atoms with Crippen LogP contribution >= 0.6 is 0 Å². The van der Waals surface area contributed by atoms with Gasteiger partial charge in [-0.2, -0.15) is 0 Å². The Morgan fingerprint density at radius 2 is 1.78 bits per heavy atom. The number of benzene rings is 1. The summed E-state index contributed by atoms with van der Waals surface area (Å²) in [6, 6.07) is 6.24. The number of ether oxygens (including phenoxy) is 2.